The van der Waals surface area contributed by atoms with Gasteiger partial charge in [0.05, 0.1) is 14.1 Å². The van der Waals surface area contributed by atoms with Gasteiger partial charge in [-0.25, -0.2) is 0 Å². The van der Waals surface area contributed by atoms with E-state index in [0.29, 0.717) is 12.1 Å². The van der Waals surface area contributed by atoms with Gasteiger partial charge in [-0.1, -0.05) is 36.4 Å². The van der Waals surface area contributed by atoms with Crippen LogP contribution in [0, 0.1) is 0 Å². The van der Waals surface area contributed by atoms with E-state index in [1.807, 2.05) is 55.5 Å². The van der Waals surface area contributed by atoms with E-state index in [1.165, 1.54) is 0 Å². The number of benzene rings is 2. The average Bonchev–Trinajstić information content (AvgIpc) is 2.85. The summed E-state index contributed by atoms with van der Waals surface area (Å²) in [6, 6.07) is 16.4. The van der Waals surface area contributed by atoms with Crippen molar-refractivity contribution in [2.45, 2.75) is 43.4 Å². The second kappa shape index (κ2) is 5.95. The Morgan fingerprint density at radius 1 is 0.964 bits per heavy atom. The number of hydrogen-bond donors (Lipinski definition) is 0. The van der Waals surface area contributed by atoms with Crippen LogP contribution < -0.4 is 4.74 Å². The van der Waals surface area contributed by atoms with Gasteiger partial charge in [-0.3, -0.25) is 4.79 Å². The molecule has 3 heterocycles. The molecule has 2 aromatic carbocycles. The van der Waals surface area contributed by atoms with Crippen LogP contribution in [0.2, 0.25) is 0 Å². The molecule has 28 heavy (non-hydrogen) atoms. The van der Waals surface area contributed by atoms with E-state index >= 15 is 0 Å². The molecule has 5 rings (SSSR count). The van der Waals surface area contributed by atoms with Crippen molar-refractivity contribution in [1.82, 2.24) is 0 Å². The SMILES string of the molecule is CC1(C(=O)OC2CC3C=CC(C2)[N+]3(C)C)c2ccccc2Oc2ccccc21. The second-order valence-corrected chi connectivity index (χ2v) is 8.87. The number of likely N-dealkylation sites (N-methyl/N-ethyl adjacent to an activating group) is 1. The van der Waals surface area contributed by atoms with Gasteiger partial charge in [0.1, 0.15) is 35.1 Å². The fourth-order valence-corrected chi connectivity index (χ4v) is 5.07. The summed E-state index contributed by atoms with van der Waals surface area (Å²) in [6.45, 7) is 1.96. The first-order valence-electron chi connectivity index (χ1n) is 10.0. The smallest absolute Gasteiger partial charge is 0.321 e. The van der Waals surface area contributed by atoms with Crippen molar-refractivity contribution in [3.8, 4) is 11.5 Å². The maximum Gasteiger partial charge on any atom is 0.321 e. The number of fused-ring (bicyclic) bond motifs is 4. The minimum absolute atomic E-state index is 0.0531. The summed E-state index contributed by atoms with van der Waals surface area (Å²) in [5, 5.41) is 0. The van der Waals surface area contributed by atoms with E-state index in [9.17, 15) is 4.79 Å². The number of carbonyl (C=O) groups excluding carboxylic acids is 1. The molecule has 2 aromatic rings. The number of para-hydroxylation sites is 2. The summed E-state index contributed by atoms with van der Waals surface area (Å²) >= 11 is 0. The standard InChI is InChI=1S/C24H26NO3/c1-24(23(26)27-18-14-16-12-13-17(15-18)25(16,2)3)19-8-4-6-10-21(19)28-22-11-7-5-9-20(22)24/h4-13,16-18H,14-15H2,1-3H3/q+1. The fourth-order valence-electron chi connectivity index (χ4n) is 5.07. The molecule has 4 nitrogen and oxygen atoms in total. The molecule has 0 spiro atoms. The third-order valence-electron chi connectivity index (χ3n) is 7.03. The van der Waals surface area contributed by atoms with Gasteiger partial charge >= 0.3 is 5.97 Å². The lowest BCUT2D eigenvalue weighted by Gasteiger charge is -2.44. The highest BCUT2D eigenvalue weighted by Gasteiger charge is 2.50. The predicted octanol–water partition coefficient (Wildman–Crippen LogP) is 4.19. The molecule has 0 saturated carbocycles. The monoisotopic (exact) mass is 376 g/mol. The Morgan fingerprint density at radius 3 is 2.00 bits per heavy atom. The van der Waals surface area contributed by atoms with Crippen molar-refractivity contribution >= 4 is 5.97 Å². The number of nitrogens with zero attached hydrogens (tertiary/aromatic N) is 1. The Balaban J connectivity index is 1.48. The highest BCUT2D eigenvalue weighted by molar-refractivity contribution is 5.90. The van der Waals surface area contributed by atoms with Gasteiger partial charge in [-0.2, -0.15) is 0 Å². The first-order valence-corrected chi connectivity index (χ1v) is 10.0. The number of hydrogen-bond acceptors (Lipinski definition) is 3. The van der Waals surface area contributed by atoms with E-state index in [2.05, 4.69) is 26.2 Å². The van der Waals surface area contributed by atoms with E-state index in [4.69, 9.17) is 9.47 Å². The Labute approximate surface area is 166 Å². The van der Waals surface area contributed by atoms with Crippen molar-refractivity contribution in [2.24, 2.45) is 0 Å². The summed E-state index contributed by atoms with van der Waals surface area (Å²) in [6.07, 6.45) is 6.28. The summed E-state index contributed by atoms with van der Waals surface area (Å²) in [5.74, 6) is 1.26. The molecule has 1 saturated heterocycles. The maximum atomic E-state index is 13.6. The van der Waals surface area contributed by atoms with Crippen molar-refractivity contribution in [3.63, 3.8) is 0 Å². The second-order valence-electron chi connectivity index (χ2n) is 8.87. The first-order chi connectivity index (χ1) is 13.4. The molecule has 1 fully saturated rings. The molecule has 3 aliphatic heterocycles. The third kappa shape index (κ3) is 2.37. The van der Waals surface area contributed by atoms with Crippen LogP contribution in [-0.4, -0.2) is 42.7 Å². The summed E-state index contributed by atoms with van der Waals surface area (Å²) < 4.78 is 13.2. The Bertz CT molecular complexity index is 914. The van der Waals surface area contributed by atoms with Crippen LogP contribution in [0.1, 0.15) is 30.9 Å². The number of esters is 1. The van der Waals surface area contributed by atoms with Crippen molar-refractivity contribution < 1.29 is 18.8 Å². The fraction of sp³-hybridized carbons (Fsp3) is 0.375. The van der Waals surface area contributed by atoms with Gasteiger partial charge in [-0.15, -0.1) is 0 Å². The number of quaternary nitrogens is 1. The van der Waals surface area contributed by atoms with Gasteiger partial charge < -0.3 is 14.0 Å². The van der Waals surface area contributed by atoms with Crippen LogP contribution in [0.4, 0.5) is 0 Å². The van der Waals surface area contributed by atoms with Crippen molar-refractivity contribution in [1.29, 1.82) is 0 Å². The maximum absolute atomic E-state index is 13.6. The normalized spacial score (nSPS) is 28.0. The first kappa shape index (κ1) is 17.5. The zero-order valence-corrected chi connectivity index (χ0v) is 16.6. The Hall–Kier alpha value is -2.59. The zero-order chi connectivity index (χ0) is 19.5. The molecular formula is C24H26NO3+. The highest BCUT2D eigenvalue weighted by atomic mass is 16.5. The molecular weight excluding hydrogens is 350 g/mol. The van der Waals surface area contributed by atoms with E-state index in [1.54, 1.807) is 0 Å². The van der Waals surface area contributed by atoms with E-state index in [-0.39, 0.29) is 12.1 Å². The van der Waals surface area contributed by atoms with Crippen LogP contribution in [0.3, 0.4) is 0 Å². The largest absolute Gasteiger partial charge is 0.461 e. The van der Waals surface area contributed by atoms with E-state index < -0.39 is 5.41 Å². The number of carbonyl (C=O) groups is 1. The van der Waals surface area contributed by atoms with Crippen molar-refractivity contribution in [2.75, 3.05) is 14.1 Å². The molecule has 2 atom stereocenters. The Kier molecular flexibility index (Phi) is 3.72. The lowest BCUT2D eigenvalue weighted by Crippen LogP contribution is -2.57. The van der Waals surface area contributed by atoms with Crippen LogP contribution in [-0.2, 0) is 14.9 Å². The molecule has 144 valence electrons. The minimum atomic E-state index is -0.875. The topological polar surface area (TPSA) is 35.5 Å². The van der Waals surface area contributed by atoms with E-state index in [0.717, 1.165) is 40.0 Å². The lowest BCUT2D eigenvalue weighted by molar-refractivity contribution is -0.926. The van der Waals surface area contributed by atoms with Crippen LogP contribution in [0.5, 0.6) is 11.5 Å². The van der Waals surface area contributed by atoms with Gasteiger partial charge in [0.2, 0.25) is 0 Å². The molecule has 0 radical (unpaired) electrons. The van der Waals surface area contributed by atoms with Gasteiger partial charge in [-0.05, 0) is 31.2 Å². The third-order valence-corrected chi connectivity index (χ3v) is 7.03. The van der Waals surface area contributed by atoms with Crippen LogP contribution >= 0.6 is 0 Å². The molecule has 2 unspecified atom stereocenters. The number of piperidine rings is 1. The summed E-state index contributed by atoms with van der Waals surface area (Å²) in [4.78, 5) is 13.6. The molecule has 0 aliphatic carbocycles. The van der Waals surface area contributed by atoms with Gasteiger partial charge in [0, 0.05) is 24.0 Å². The summed E-state index contributed by atoms with van der Waals surface area (Å²) in [5.41, 5.74) is 0.859. The van der Waals surface area contributed by atoms with Crippen LogP contribution in [0.25, 0.3) is 0 Å². The minimum Gasteiger partial charge on any atom is -0.461 e. The molecule has 2 bridgehead atoms. The molecule has 3 aliphatic rings. The molecule has 0 N–H and O–H groups in total. The van der Waals surface area contributed by atoms with Crippen molar-refractivity contribution in [3.05, 3.63) is 71.8 Å². The highest BCUT2D eigenvalue weighted by Crippen LogP contribution is 2.49. The van der Waals surface area contributed by atoms with Gasteiger partial charge in [0.25, 0.3) is 0 Å². The molecule has 0 amide bonds. The zero-order valence-electron chi connectivity index (χ0n) is 16.6. The quantitative estimate of drug-likeness (QED) is 0.448. The predicted molar refractivity (Wildman–Crippen MR) is 107 cm³/mol. The number of rotatable bonds is 2. The molecule has 0 aromatic heterocycles. The Morgan fingerprint density at radius 2 is 1.46 bits per heavy atom. The van der Waals surface area contributed by atoms with Crippen LogP contribution in [0.15, 0.2) is 60.7 Å². The lowest BCUT2D eigenvalue weighted by atomic mass is 9.74. The molecule has 4 heteroatoms. The summed E-state index contributed by atoms with van der Waals surface area (Å²) in [7, 11) is 4.53. The average molecular weight is 376 g/mol. The number of ether oxygens (including phenoxy) is 2. The van der Waals surface area contributed by atoms with Gasteiger partial charge in [0.15, 0.2) is 0 Å².